The van der Waals surface area contributed by atoms with Crippen molar-refractivity contribution in [3.05, 3.63) is 80.2 Å². The fourth-order valence-corrected chi connectivity index (χ4v) is 3.87. The molecule has 1 aliphatic rings. The van der Waals surface area contributed by atoms with Crippen LogP contribution in [0.3, 0.4) is 0 Å². The van der Waals surface area contributed by atoms with E-state index in [0.717, 1.165) is 28.8 Å². The molecule has 1 saturated heterocycles. The molecule has 0 bridgehead atoms. The molecule has 6 nitrogen and oxygen atoms in total. The van der Waals surface area contributed by atoms with E-state index in [4.69, 9.17) is 0 Å². The maximum Gasteiger partial charge on any atom is 0.416 e. The maximum atomic E-state index is 13.5. The summed E-state index contributed by atoms with van der Waals surface area (Å²) in [6, 6.07) is 7.18. The number of benzene rings is 2. The predicted octanol–water partition coefficient (Wildman–Crippen LogP) is 3.33. The topological polar surface area (TPSA) is 75.2 Å². The molecule has 0 saturated carbocycles. The van der Waals surface area contributed by atoms with Gasteiger partial charge in [0.05, 0.1) is 16.5 Å². The molecule has 2 aromatic carbocycles. The highest BCUT2D eigenvalue weighted by Crippen LogP contribution is 2.30. The lowest BCUT2D eigenvalue weighted by Crippen LogP contribution is -2.45. The smallest absolute Gasteiger partial charge is 0.338 e. The van der Waals surface area contributed by atoms with Crippen LogP contribution < -0.4 is 11.2 Å². The number of hydrogen-bond donors (Lipinski definition) is 1. The molecule has 162 valence electrons. The Morgan fingerprint density at radius 2 is 1.74 bits per heavy atom. The zero-order valence-corrected chi connectivity index (χ0v) is 16.1. The summed E-state index contributed by atoms with van der Waals surface area (Å²) in [4.78, 5) is 41.8. The molecular formula is C21H17F4N3O3. The normalized spacial score (nSPS) is 15.4. The summed E-state index contributed by atoms with van der Waals surface area (Å²) in [5.74, 6) is -1.16. The lowest BCUT2D eigenvalue weighted by atomic mass is 10.0. The predicted molar refractivity (Wildman–Crippen MR) is 104 cm³/mol. The van der Waals surface area contributed by atoms with Crippen LogP contribution in [0, 0.1) is 5.82 Å². The minimum Gasteiger partial charge on any atom is -0.338 e. The van der Waals surface area contributed by atoms with Crippen molar-refractivity contribution in [2.45, 2.75) is 25.1 Å². The van der Waals surface area contributed by atoms with Gasteiger partial charge in [0, 0.05) is 24.7 Å². The fraction of sp³-hybridized carbons (Fsp3) is 0.286. The van der Waals surface area contributed by atoms with E-state index in [1.54, 1.807) is 0 Å². The number of halogens is 4. The Morgan fingerprint density at radius 1 is 1.03 bits per heavy atom. The second-order valence-corrected chi connectivity index (χ2v) is 7.40. The van der Waals surface area contributed by atoms with Gasteiger partial charge >= 0.3 is 11.9 Å². The molecule has 31 heavy (non-hydrogen) atoms. The lowest BCUT2D eigenvalue weighted by molar-refractivity contribution is -0.137. The van der Waals surface area contributed by atoms with Crippen LogP contribution >= 0.6 is 0 Å². The third kappa shape index (κ3) is 3.97. The summed E-state index contributed by atoms with van der Waals surface area (Å²) < 4.78 is 53.3. The maximum absolute atomic E-state index is 13.5. The number of H-pyrrole nitrogens is 1. The highest BCUT2D eigenvalue weighted by molar-refractivity contribution is 5.94. The van der Waals surface area contributed by atoms with E-state index in [0.29, 0.717) is 0 Å². The third-order valence-electron chi connectivity index (χ3n) is 5.44. The van der Waals surface area contributed by atoms with Gasteiger partial charge in [0.2, 0.25) is 0 Å². The van der Waals surface area contributed by atoms with Crippen molar-refractivity contribution in [2.24, 2.45) is 0 Å². The number of rotatable bonds is 2. The Balaban J connectivity index is 1.55. The first-order valence-electron chi connectivity index (χ1n) is 9.56. The third-order valence-corrected chi connectivity index (χ3v) is 5.44. The van der Waals surface area contributed by atoms with E-state index in [9.17, 15) is 31.9 Å². The summed E-state index contributed by atoms with van der Waals surface area (Å²) in [5, 5.41) is 0.0436. The molecule has 2 heterocycles. The van der Waals surface area contributed by atoms with Crippen molar-refractivity contribution in [3.8, 4) is 0 Å². The van der Waals surface area contributed by atoms with Gasteiger partial charge in [0.25, 0.3) is 11.5 Å². The van der Waals surface area contributed by atoms with Crippen LogP contribution in [0.1, 0.15) is 34.8 Å². The van der Waals surface area contributed by atoms with Crippen LogP contribution in [0.15, 0.2) is 52.1 Å². The summed E-state index contributed by atoms with van der Waals surface area (Å²) in [6.07, 6.45) is -4.04. The lowest BCUT2D eigenvalue weighted by Gasteiger charge is -2.32. The number of likely N-dealkylation sites (tertiary alicyclic amines) is 1. The average molecular weight is 435 g/mol. The number of carbonyl (C=O) groups excluding carboxylic acids is 1. The first-order chi connectivity index (χ1) is 14.6. The van der Waals surface area contributed by atoms with Gasteiger partial charge in [-0.05, 0) is 49.2 Å². The van der Waals surface area contributed by atoms with Crippen molar-refractivity contribution in [1.82, 2.24) is 14.5 Å². The quantitative estimate of drug-likeness (QED) is 0.628. The Bertz CT molecular complexity index is 1270. The second-order valence-electron chi connectivity index (χ2n) is 7.40. The number of carbonyl (C=O) groups is 1. The number of piperidine rings is 1. The number of aromatic nitrogens is 2. The van der Waals surface area contributed by atoms with Crippen LogP contribution in [0.2, 0.25) is 0 Å². The number of amides is 1. The number of alkyl halides is 3. The van der Waals surface area contributed by atoms with Crippen molar-refractivity contribution in [2.75, 3.05) is 13.1 Å². The van der Waals surface area contributed by atoms with Gasteiger partial charge in [0.1, 0.15) is 5.82 Å². The molecular weight excluding hydrogens is 418 g/mol. The molecule has 0 aliphatic carbocycles. The first-order valence-corrected chi connectivity index (χ1v) is 9.56. The van der Waals surface area contributed by atoms with Gasteiger partial charge < -0.3 is 9.88 Å². The van der Waals surface area contributed by atoms with Crippen molar-refractivity contribution in [3.63, 3.8) is 0 Å². The number of nitrogens with zero attached hydrogens (tertiary/aromatic N) is 2. The van der Waals surface area contributed by atoms with Crippen LogP contribution in [0.5, 0.6) is 0 Å². The number of nitrogens with one attached hydrogen (secondary N) is 1. The SMILES string of the molecule is O=C(c1cccc(C(F)(F)F)c1)N1CCC(n2c(=O)[nH]c3ccc(F)cc3c2=O)CC1. The summed E-state index contributed by atoms with van der Waals surface area (Å²) >= 11 is 0. The zero-order chi connectivity index (χ0) is 22.3. The molecule has 1 aromatic heterocycles. The van der Waals surface area contributed by atoms with Crippen LogP contribution in [-0.2, 0) is 6.18 Å². The molecule has 0 unspecified atom stereocenters. The van der Waals surface area contributed by atoms with Crippen LogP contribution in [-0.4, -0.2) is 33.4 Å². The Morgan fingerprint density at radius 3 is 2.42 bits per heavy atom. The number of fused-ring (bicyclic) bond motifs is 1. The second kappa shape index (κ2) is 7.68. The summed E-state index contributed by atoms with van der Waals surface area (Å²) in [6.45, 7) is 0.319. The van der Waals surface area contributed by atoms with E-state index in [1.807, 2.05) is 0 Å². The van der Waals surface area contributed by atoms with E-state index in [-0.39, 0.29) is 42.4 Å². The van der Waals surface area contributed by atoms with Crippen molar-refractivity contribution in [1.29, 1.82) is 0 Å². The Kier molecular flexibility index (Phi) is 5.16. The Labute approximate surface area is 172 Å². The largest absolute Gasteiger partial charge is 0.416 e. The van der Waals surface area contributed by atoms with Crippen LogP contribution in [0.25, 0.3) is 10.9 Å². The fourth-order valence-electron chi connectivity index (χ4n) is 3.87. The van der Waals surface area contributed by atoms with Crippen molar-refractivity contribution < 1.29 is 22.4 Å². The molecule has 3 aromatic rings. The molecule has 1 fully saturated rings. The highest BCUT2D eigenvalue weighted by atomic mass is 19.4. The van der Waals surface area contributed by atoms with Gasteiger partial charge in [-0.25, -0.2) is 9.18 Å². The number of hydrogen-bond acceptors (Lipinski definition) is 3. The first kappa shape index (κ1) is 20.8. The van der Waals surface area contributed by atoms with Gasteiger partial charge in [0.15, 0.2) is 0 Å². The van der Waals surface area contributed by atoms with Crippen LogP contribution in [0.4, 0.5) is 17.6 Å². The Hall–Kier alpha value is -3.43. The van der Waals surface area contributed by atoms with E-state index in [2.05, 4.69) is 4.98 Å². The van der Waals surface area contributed by atoms with E-state index in [1.165, 1.54) is 23.1 Å². The molecule has 1 amide bonds. The molecule has 4 rings (SSSR count). The average Bonchev–Trinajstić information content (AvgIpc) is 2.74. The monoisotopic (exact) mass is 435 g/mol. The molecule has 10 heteroatoms. The van der Waals surface area contributed by atoms with Gasteiger partial charge in [-0.1, -0.05) is 6.07 Å². The highest BCUT2D eigenvalue weighted by Gasteiger charge is 2.32. The summed E-state index contributed by atoms with van der Waals surface area (Å²) in [7, 11) is 0. The zero-order valence-electron chi connectivity index (χ0n) is 16.1. The standard InChI is InChI=1S/C21H17F4N3O3/c22-14-4-5-17-16(11-14)19(30)28(20(31)26-17)15-6-8-27(9-7-15)18(29)12-2-1-3-13(10-12)21(23,24)25/h1-5,10-11,15H,6-9H2,(H,26,31). The van der Waals surface area contributed by atoms with Gasteiger partial charge in [-0.3, -0.25) is 14.2 Å². The number of aromatic amines is 1. The minimum absolute atomic E-state index is 0.0436. The summed E-state index contributed by atoms with van der Waals surface area (Å²) in [5.41, 5.74) is -2.02. The van der Waals surface area contributed by atoms with Gasteiger partial charge in [-0.2, -0.15) is 13.2 Å². The van der Waals surface area contributed by atoms with Gasteiger partial charge in [-0.15, -0.1) is 0 Å². The molecule has 0 spiro atoms. The minimum atomic E-state index is -4.55. The molecule has 1 aliphatic heterocycles. The van der Waals surface area contributed by atoms with Crippen molar-refractivity contribution >= 4 is 16.8 Å². The van der Waals surface area contributed by atoms with E-state index < -0.39 is 40.8 Å². The van der Waals surface area contributed by atoms with E-state index >= 15 is 0 Å². The molecule has 1 N–H and O–H groups in total. The molecule has 0 atom stereocenters. The molecule has 0 radical (unpaired) electrons.